The topological polar surface area (TPSA) is 94.1 Å². The molecule has 2 atom stereocenters. The first-order valence-electron chi connectivity index (χ1n) is 18.3. The van der Waals surface area contributed by atoms with E-state index in [0.29, 0.717) is 24.1 Å². The van der Waals surface area contributed by atoms with Gasteiger partial charge in [-0.25, -0.2) is 0 Å². The van der Waals surface area contributed by atoms with Crippen LogP contribution in [0.25, 0.3) is 0 Å². The molecule has 0 rings (SSSR count). The number of hydrogen-bond donors (Lipinski definition) is 0. The first-order valence-corrected chi connectivity index (χ1v) is 19.7. The molecule has 44 heavy (non-hydrogen) atoms. The summed E-state index contributed by atoms with van der Waals surface area (Å²) in [4.78, 5) is 24.8. The van der Waals surface area contributed by atoms with Crippen molar-refractivity contribution < 1.29 is 37.3 Å². The fourth-order valence-electron chi connectivity index (χ4n) is 5.02. The molecule has 0 aromatic rings. The summed E-state index contributed by atoms with van der Waals surface area (Å²) in [6.07, 6.45) is 26.8. The quantitative estimate of drug-likeness (QED) is 0.0297. The molecule has 0 N–H and O–H groups in total. The first-order chi connectivity index (χ1) is 21.1. The molecule has 0 aliphatic heterocycles. The second-order valence-corrected chi connectivity index (χ2v) is 15.0. The molecule has 0 fully saturated rings. The number of phosphoric acid groups is 1. The molecule has 0 saturated heterocycles. The maximum Gasteiger partial charge on any atom is 0.306 e. The second kappa shape index (κ2) is 29.9. The molecule has 0 radical (unpaired) electrons. The zero-order chi connectivity index (χ0) is 32.8. The molecule has 1 unspecified atom stereocenters. The van der Waals surface area contributed by atoms with Crippen LogP contribution in [0.3, 0.4) is 0 Å². The van der Waals surface area contributed by atoms with Crippen LogP contribution in [0, 0.1) is 0 Å². The van der Waals surface area contributed by atoms with Crippen LogP contribution in [0.1, 0.15) is 162 Å². The number of carbonyl (C=O) groups is 1. The van der Waals surface area contributed by atoms with E-state index in [1.807, 2.05) is 21.1 Å². The third-order valence-electron chi connectivity index (χ3n) is 7.91. The van der Waals surface area contributed by atoms with Crippen LogP contribution < -0.4 is 4.89 Å². The lowest BCUT2D eigenvalue weighted by atomic mass is 10.0. The van der Waals surface area contributed by atoms with Crippen molar-refractivity contribution >= 4 is 13.8 Å². The molecule has 8 nitrogen and oxygen atoms in total. The lowest BCUT2D eigenvalue weighted by Crippen LogP contribution is -2.37. The average Bonchev–Trinajstić information content (AvgIpc) is 2.96. The molecule has 0 aromatic carbocycles. The summed E-state index contributed by atoms with van der Waals surface area (Å²) in [6.45, 7) is 5.40. The van der Waals surface area contributed by atoms with Crippen molar-refractivity contribution in [2.45, 2.75) is 168 Å². The fraction of sp³-hybridized carbons (Fsp3) is 0.971. The summed E-state index contributed by atoms with van der Waals surface area (Å²) in [7, 11) is 1.37. The van der Waals surface area contributed by atoms with Crippen LogP contribution in [-0.2, 0) is 27.9 Å². The van der Waals surface area contributed by atoms with Gasteiger partial charge in [0, 0.05) is 13.0 Å². The maximum absolute atomic E-state index is 12.5. The summed E-state index contributed by atoms with van der Waals surface area (Å²) in [5.74, 6) is -0.337. The third-order valence-corrected chi connectivity index (χ3v) is 8.87. The number of phosphoric ester groups is 1. The molecule has 0 aromatic heterocycles. The van der Waals surface area contributed by atoms with Gasteiger partial charge in [-0.1, -0.05) is 142 Å². The predicted molar refractivity (Wildman–Crippen MR) is 181 cm³/mol. The lowest BCUT2D eigenvalue weighted by molar-refractivity contribution is -0.870. The number of likely N-dealkylation sites (N-methyl/N-ethyl adjacent to an activating group) is 1. The van der Waals surface area contributed by atoms with E-state index in [9.17, 15) is 14.3 Å². The number of quaternary nitrogens is 1. The van der Waals surface area contributed by atoms with Crippen molar-refractivity contribution in [1.82, 2.24) is 0 Å². The molecule has 264 valence electrons. The maximum atomic E-state index is 12.5. The highest BCUT2D eigenvalue weighted by molar-refractivity contribution is 7.45. The Morgan fingerprint density at radius 3 is 1.50 bits per heavy atom. The van der Waals surface area contributed by atoms with Gasteiger partial charge in [-0.3, -0.25) is 9.36 Å². The Balaban J connectivity index is 4.24. The van der Waals surface area contributed by atoms with Gasteiger partial charge in [0.05, 0.1) is 34.4 Å². The van der Waals surface area contributed by atoms with E-state index in [4.69, 9.17) is 18.5 Å². The van der Waals surface area contributed by atoms with Crippen LogP contribution in [-0.4, -0.2) is 70.7 Å². The van der Waals surface area contributed by atoms with Gasteiger partial charge in [0.1, 0.15) is 19.3 Å². The van der Waals surface area contributed by atoms with Gasteiger partial charge in [0.2, 0.25) is 0 Å². The number of rotatable bonds is 34. The molecule has 0 amide bonds. The highest BCUT2D eigenvalue weighted by Crippen LogP contribution is 2.38. The van der Waals surface area contributed by atoms with Crippen molar-refractivity contribution in [3.63, 3.8) is 0 Å². The van der Waals surface area contributed by atoms with Crippen LogP contribution >= 0.6 is 7.82 Å². The molecule has 0 aliphatic rings. The molecule has 0 bridgehead atoms. The summed E-state index contributed by atoms with van der Waals surface area (Å²) < 4.78 is 34.3. The zero-order valence-electron chi connectivity index (χ0n) is 29.6. The SMILES string of the molecule is CCCCCCCCCCCCCCCCOC[C@H](COP(=O)([O-])OCC[N+](C)(C)C)OC(=O)CCCCCCCCCC. The van der Waals surface area contributed by atoms with E-state index >= 15 is 0 Å². The summed E-state index contributed by atoms with van der Waals surface area (Å²) in [5, 5.41) is 0. The average molecular weight is 650 g/mol. The number of unbranched alkanes of at least 4 members (excludes halogenated alkanes) is 20. The summed E-state index contributed by atoms with van der Waals surface area (Å²) >= 11 is 0. The van der Waals surface area contributed by atoms with Gasteiger partial charge in [-0.05, 0) is 12.8 Å². The van der Waals surface area contributed by atoms with Crippen molar-refractivity contribution in [1.29, 1.82) is 0 Å². The Hall–Kier alpha value is -0.500. The van der Waals surface area contributed by atoms with E-state index in [0.717, 1.165) is 32.1 Å². The molecule has 0 spiro atoms. The summed E-state index contributed by atoms with van der Waals surface area (Å²) in [5.41, 5.74) is 0. The predicted octanol–water partition coefficient (Wildman–Crippen LogP) is 9.13. The Bertz CT molecular complexity index is 686. The molecule has 9 heteroatoms. The minimum absolute atomic E-state index is 0.0306. The minimum atomic E-state index is -4.50. The Morgan fingerprint density at radius 2 is 1.05 bits per heavy atom. The van der Waals surface area contributed by atoms with Crippen molar-refractivity contribution in [3.8, 4) is 0 Å². The smallest absolute Gasteiger partial charge is 0.306 e. The second-order valence-electron chi connectivity index (χ2n) is 13.6. The van der Waals surface area contributed by atoms with Gasteiger partial charge in [-0.15, -0.1) is 0 Å². The number of carbonyl (C=O) groups excluding carboxylic acids is 1. The monoisotopic (exact) mass is 650 g/mol. The van der Waals surface area contributed by atoms with E-state index in [-0.39, 0.29) is 25.8 Å². The fourth-order valence-corrected chi connectivity index (χ4v) is 5.74. The number of nitrogens with zero attached hydrogens (tertiary/aromatic N) is 1. The van der Waals surface area contributed by atoms with Gasteiger partial charge in [0.15, 0.2) is 0 Å². The van der Waals surface area contributed by atoms with E-state index in [1.165, 1.54) is 109 Å². The Kier molecular flexibility index (Phi) is 29.5. The van der Waals surface area contributed by atoms with Crippen LogP contribution in [0.5, 0.6) is 0 Å². The van der Waals surface area contributed by atoms with E-state index in [1.54, 1.807) is 0 Å². The van der Waals surface area contributed by atoms with Crippen LogP contribution in [0.4, 0.5) is 0 Å². The Morgan fingerprint density at radius 1 is 0.614 bits per heavy atom. The van der Waals surface area contributed by atoms with Crippen molar-refractivity contribution in [2.24, 2.45) is 0 Å². The van der Waals surface area contributed by atoms with Gasteiger partial charge in [-0.2, -0.15) is 0 Å². The lowest BCUT2D eigenvalue weighted by Gasteiger charge is -2.28. The minimum Gasteiger partial charge on any atom is -0.756 e. The van der Waals surface area contributed by atoms with Gasteiger partial charge >= 0.3 is 5.97 Å². The van der Waals surface area contributed by atoms with Crippen molar-refractivity contribution in [2.75, 3.05) is 54.1 Å². The third kappa shape index (κ3) is 32.9. The normalized spacial score (nSPS) is 14.0. The highest BCUT2D eigenvalue weighted by atomic mass is 31.2. The van der Waals surface area contributed by atoms with Gasteiger partial charge in [0.25, 0.3) is 7.82 Å². The largest absolute Gasteiger partial charge is 0.756 e. The molecule has 0 saturated carbocycles. The standard InChI is InChI=1S/C35H72NO7P/c1-6-8-10-12-14-16-17-18-19-20-21-23-25-27-30-40-32-34(33-42-44(38,39)41-31-29-36(3,4)5)43-35(37)28-26-24-22-15-13-11-9-7-2/h34H,6-33H2,1-5H3/t34-/m1/s1. The van der Waals surface area contributed by atoms with E-state index < -0.39 is 13.9 Å². The molecular weight excluding hydrogens is 577 g/mol. The zero-order valence-corrected chi connectivity index (χ0v) is 30.5. The number of hydrogen-bond acceptors (Lipinski definition) is 7. The summed E-state index contributed by atoms with van der Waals surface area (Å²) in [6, 6.07) is 0. The van der Waals surface area contributed by atoms with E-state index in [2.05, 4.69) is 13.8 Å². The van der Waals surface area contributed by atoms with Crippen LogP contribution in [0.2, 0.25) is 0 Å². The molecule has 0 aliphatic carbocycles. The van der Waals surface area contributed by atoms with Crippen molar-refractivity contribution in [3.05, 3.63) is 0 Å². The number of ether oxygens (including phenoxy) is 2. The molecular formula is C35H72NO7P. The number of esters is 1. The highest BCUT2D eigenvalue weighted by Gasteiger charge is 2.20. The van der Waals surface area contributed by atoms with Crippen LogP contribution in [0.15, 0.2) is 0 Å². The Labute approximate surface area is 272 Å². The molecule has 0 heterocycles. The van der Waals surface area contributed by atoms with Gasteiger partial charge < -0.3 is 27.9 Å². The first kappa shape index (κ1) is 43.5.